The molecule has 0 spiro atoms. The second kappa shape index (κ2) is 3.99. The van der Waals surface area contributed by atoms with Crippen molar-refractivity contribution in [2.75, 3.05) is 0 Å². The van der Waals surface area contributed by atoms with Crippen LogP contribution >= 0.6 is 0 Å². The Kier molecular flexibility index (Phi) is 2.96. The van der Waals surface area contributed by atoms with Crippen molar-refractivity contribution >= 4 is 5.78 Å². The number of carbonyl (C=O) groups is 1. The Bertz CT molecular complexity index is 267. The Hall–Kier alpha value is -1.19. The Balaban J connectivity index is 2.47. The van der Waals surface area contributed by atoms with Crippen LogP contribution in [0.15, 0.2) is 6.20 Å². The van der Waals surface area contributed by atoms with Gasteiger partial charge in [-0.1, -0.05) is 5.21 Å². The van der Waals surface area contributed by atoms with Crippen LogP contribution in [0.5, 0.6) is 0 Å². The van der Waals surface area contributed by atoms with Crippen molar-refractivity contribution in [3.63, 3.8) is 0 Å². The molecule has 12 heavy (non-hydrogen) atoms. The van der Waals surface area contributed by atoms with Crippen LogP contribution < -0.4 is 0 Å². The summed E-state index contributed by atoms with van der Waals surface area (Å²) in [7, 11) is 0. The van der Waals surface area contributed by atoms with E-state index in [0.717, 1.165) is 12.2 Å². The van der Waals surface area contributed by atoms with E-state index in [-0.39, 0.29) is 5.78 Å². The summed E-state index contributed by atoms with van der Waals surface area (Å²) in [4.78, 5) is 10.6. The molecule has 4 nitrogen and oxygen atoms in total. The molecule has 0 N–H and O–H groups in total. The van der Waals surface area contributed by atoms with Gasteiger partial charge >= 0.3 is 0 Å². The minimum absolute atomic E-state index is 0.195. The minimum Gasteiger partial charge on any atom is -0.300 e. The van der Waals surface area contributed by atoms with Gasteiger partial charge in [-0.15, -0.1) is 5.10 Å². The van der Waals surface area contributed by atoms with Crippen molar-refractivity contribution in [3.8, 4) is 0 Å². The van der Waals surface area contributed by atoms with Gasteiger partial charge in [-0.2, -0.15) is 0 Å². The van der Waals surface area contributed by atoms with Crippen molar-refractivity contribution in [1.29, 1.82) is 0 Å². The Morgan fingerprint density at radius 1 is 1.67 bits per heavy atom. The zero-order valence-electron chi connectivity index (χ0n) is 7.45. The summed E-state index contributed by atoms with van der Waals surface area (Å²) in [5, 5.41) is 7.79. The van der Waals surface area contributed by atoms with Gasteiger partial charge in [0, 0.05) is 19.2 Å². The molecular formula is C8H13N3O. The highest BCUT2D eigenvalue weighted by Gasteiger charge is 2.00. The topological polar surface area (TPSA) is 47.8 Å². The summed E-state index contributed by atoms with van der Waals surface area (Å²) in [6, 6.07) is 0. The lowest BCUT2D eigenvalue weighted by molar-refractivity contribution is -0.116. The van der Waals surface area contributed by atoms with Gasteiger partial charge in [0.25, 0.3) is 0 Å². The molecule has 0 atom stereocenters. The smallest absolute Gasteiger partial charge is 0.130 e. The van der Waals surface area contributed by atoms with E-state index in [0.29, 0.717) is 12.8 Å². The lowest BCUT2D eigenvalue weighted by atomic mass is 10.2. The molecule has 0 bridgehead atoms. The van der Waals surface area contributed by atoms with Crippen molar-refractivity contribution in [2.24, 2.45) is 0 Å². The summed E-state index contributed by atoms with van der Waals surface area (Å²) in [6.07, 6.45) is 3.14. The Morgan fingerprint density at radius 3 is 2.92 bits per heavy atom. The molecule has 66 valence electrons. The molecule has 1 heterocycles. The van der Waals surface area contributed by atoms with Crippen molar-refractivity contribution in [1.82, 2.24) is 15.0 Å². The van der Waals surface area contributed by atoms with E-state index >= 15 is 0 Å². The fourth-order valence-corrected chi connectivity index (χ4v) is 0.912. The van der Waals surface area contributed by atoms with Crippen LogP contribution in [0.3, 0.4) is 0 Å². The fourth-order valence-electron chi connectivity index (χ4n) is 0.912. The van der Waals surface area contributed by atoms with E-state index in [4.69, 9.17) is 0 Å². The lowest BCUT2D eigenvalue weighted by Crippen LogP contribution is -1.94. The predicted octanol–water partition coefficient (Wildman–Crippen LogP) is 0.820. The number of hydrogen-bond donors (Lipinski definition) is 0. The van der Waals surface area contributed by atoms with Gasteiger partial charge in [-0.3, -0.25) is 4.68 Å². The standard InChI is InChI=1S/C8H13N3O/c1-3-11-6-8(9-10-11)5-4-7(2)12/h6H,3-5H2,1-2H3. The molecule has 4 heteroatoms. The zero-order valence-corrected chi connectivity index (χ0v) is 7.45. The second-order valence-corrected chi connectivity index (χ2v) is 2.77. The maximum absolute atomic E-state index is 10.6. The average Bonchev–Trinajstić information content (AvgIpc) is 2.48. The van der Waals surface area contributed by atoms with Crippen LogP contribution in [-0.4, -0.2) is 20.8 Å². The first-order chi connectivity index (χ1) is 5.72. The molecule has 0 saturated carbocycles. The van der Waals surface area contributed by atoms with Gasteiger partial charge in [0.1, 0.15) is 5.78 Å². The van der Waals surface area contributed by atoms with E-state index in [1.165, 1.54) is 0 Å². The molecule has 1 aromatic heterocycles. The molecule has 0 aliphatic rings. The van der Waals surface area contributed by atoms with Gasteiger partial charge in [-0.25, -0.2) is 0 Å². The third kappa shape index (κ3) is 2.45. The maximum atomic E-state index is 10.6. The summed E-state index contributed by atoms with van der Waals surface area (Å²) in [6.45, 7) is 4.42. The SMILES string of the molecule is CCn1cc(CCC(C)=O)nn1. The van der Waals surface area contributed by atoms with Crippen LogP contribution in [-0.2, 0) is 17.8 Å². The molecule has 0 unspecified atom stereocenters. The van der Waals surface area contributed by atoms with E-state index in [2.05, 4.69) is 10.3 Å². The van der Waals surface area contributed by atoms with E-state index in [9.17, 15) is 4.79 Å². The molecule has 0 aliphatic carbocycles. The summed E-state index contributed by atoms with van der Waals surface area (Å²) in [5.41, 5.74) is 0.895. The second-order valence-electron chi connectivity index (χ2n) is 2.77. The first kappa shape index (κ1) is 8.90. The maximum Gasteiger partial charge on any atom is 0.130 e. The van der Waals surface area contributed by atoms with E-state index in [1.54, 1.807) is 11.6 Å². The monoisotopic (exact) mass is 167 g/mol. The highest BCUT2D eigenvalue weighted by atomic mass is 16.1. The average molecular weight is 167 g/mol. The third-order valence-corrected chi connectivity index (χ3v) is 1.64. The van der Waals surface area contributed by atoms with Gasteiger partial charge < -0.3 is 4.79 Å². The van der Waals surface area contributed by atoms with Crippen LogP contribution in [0.25, 0.3) is 0 Å². The number of hydrogen-bond acceptors (Lipinski definition) is 3. The number of aromatic nitrogens is 3. The van der Waals surface area contributed by atoms with Crippen molar-refractivity contribution in [2.45, 2.75) is 33.2 Å². The highest BCUT2D eigenvalue weighted by Crippen LogP contribution is 1.98. The van der Waals surface area contributed by atoms with E-state index < -0.39 is 0 Å². The molecule has 0 radical (unpaired) electrons. The number of Topliss-reactive ketones (excluding diaryl/α,β-unsaturated/α-hetero) is 1. The fraction of sp³-hybridized carbons (Fsp3) is 0.625. The highest BCUT2D eigenvalue weighted by molar-refractivity contribution is 5.75. The molecule has 1 rings (SSSR count). The summed E-state index contributed by atoms with van der Waals surface area (Å²) < 4.78 is 1.76. The first-order valence-corrected chi connectivity index (χ1v) is 4.11. The van der Waals surface area contributed by atoms with Gasteiger partial charge in [0.05, 0.1) is 5.69 Å². The van der Waals surface area contributed by atoms with Crippen molar-refractivity contribution in [3.05, 3.63) is 11.9 Å². The van der Waals surface area contributed by atoms with Gasteiger partial charge in [0.15, 0.2) is 0 Å². The van der Waals surface area contributed by atoms with Crippen molar-refractivity contribution < 1.29 is 4.79 Å². The Labute approximate surface area is 71.6 Å². The number of nitrogens with zero attached hydrogens (tertiary/aromatic N) is 3. The molecule has 1 aromatic rings. The number of carbonyl (C=O) groups excluding carboxylic acids is 1. The number of ketones is 1. The summed E-state index contributed by atoms with van der Waals surface area (Å²) in [5.74, 6) is 0.195. The van der Waals surface area contributed by atoms with Crippen LogP contribution in [0.2, 0.25) is 0 Å². The molecule has 0 saturated heterocycles. The number of aryl methyl sites for hydroxylation is 2. The molecule has 0 aromatic carbocycles. The molecule has 0 fully saturated rings. The quantitative estimate of drug-likeness (QED) is 0.667. The van der Waals surface area contributed by atoms with Gasteiger partial charge in [-0.05, 0) is 20.3 Å². The van der Waals surface area contributed by atoms with Gasteiger partial charge in [0.2, 0.25) is 0 Å². The minimum atomic E-state index is 0.195. The third-order valence-electron chi connectivity index (χ3n) is 1.64. The number of rotatable bonds is 4. The first-order valence-electron chi connectivity index (χ1n) is 4.11. The Morgan fingerprint density at radius 2 is 2.42 bits per heavy atom. The van der Waals surface area contributed by atoms with E-state index in [1.807, 2.05) is 13.1 Å². The lowest BCUT2D eigenvalue weighted by Gasteiger charge is -1.90. The molecule has 0 amide bonds. The normalized spacial score (nSPS) is 10.2. The predicted molar refractivity (Wildman–Crippen MR) is 44.7 cm³/mol. The molecular weight excluding hydrogens is 154 g/mol. The summed E-state index contributed by atoms with van der Waals surface area (Å²) >= 11 is 0. The van der Waals surface area contributed by atoms with Crippen LogP contribution in [0.1, 0.15) is 26.0 Å². The van der Waals surface area contributed by atoms with Crippen LogP contribution in [0.4, 0.5) is 0 Å². The zero-order chi connectivity index (χ0) is 8.97. The molecule has 0 aliphatic heterocycles. The van der Waals surface area contributed by atoms with Crippen LogP contribution in [0, 0.1) is 0 Å². The largest absolute Gasteiger partial charge is 0.300 e.